The predicted molar refractivity (Wildman–Crippen MR) is 140 cm³/mol. The largest absolute Gasteiger partial charge is 0.511 e. The van der Waals surface area contributed by atoms with Gasteiger partial charge in [-0.2, -0.15) is 0 Å². The van der Waals surface area contributed by atoms with Crippen molar-refractivity contribution in [3.05, 3.63) is 58.9 Å². The number of ketones is 1. The summed E-state index contributed by atoms with van der Waals surface area (Å²) in [5.41, 5.74) is 2.12. The van der Waals surface area contributed by atoms with Crippen molar-refractivity contribution in [1.29, 1.82) is 0 Å². The Morgan fingerprint density at radius 1 is 1.06 bits per heavy atom. The number of Topliss-reactive ketones (excluding diaryl/α,β-unsaturated/α-hetero) is 1. The summed E-state index contributed by atoms with van der Waals surface area (Å²) in [6.07, 6.45) is 19.3. The number of carbonyl (C=O) groups is 2. The van der Waals surface area contributed by atoms with Crippen molar-refractivity contribution < 1.29 is 19.8 Å². The minimum absolute atomic E-state index is 0.0340. The number of carboxylic acid groups (broad SMARTS) is 1. The minimum Gasteiger partial charge on any atom is -0.511 e. The molecule has 8 atom stereocenters. The maximum atomic E-state index is 14.1. The van der Waals surface area contributed by atoms with Crippen molar-refractivity contribution in [2.75, 3.05) is 0 Å². The van der Waals surface area contributed by atoms with Gasteiger partial charge in [-0.05, 0) is 82.0 Å². The van der Waals surface area contributed by atoms with Crippen molar-refractivity contribution in [3.63, 3.8) is 0 Å². The van der Waals surface area contributed by atoms with Crippen LogP contribution in [0.5, 0.6) is 0 Å². The van der Waals surface area contributed by atoms with Crippen molar-refractivity contribution in [1.82, 2.24) is 0 Å². The summed E-state index contributed by atoms with van der Waals surface area (Å²) in [6.45, 7) is 8.61. The molecule has 2 N–H and O–H groups in total. The third-order valence-electron chi connectivity index (χ3n) is 9.20. The van der Waals surface area contributed by atoms with Crippen LogP contribution < -0.4 is 0 Å². The van der Waals surface area contributed by atoms with E-state index < -0.39 is 17.8 Å². The molecule has 0 heterocycles. The van der Waals surface area contributed by atoms with Gasteiger partial charge in [0, 0.05) is 17.8 Å². The number of allylic oxidation sites excluding steroid dienone is 9. The average molecular weight is 479 g/mol. The standard InChI is InChI=1S/C31H42O4/c1-5-21-17-26-24(16-20(21)4)15-18(2)8-6-7-9-22-11-12-23-14-19(3)10-13-25(23)27(22)30(33)28(29(26)32)31(34)35/h6-7,11-12,15-16,19,21-27,32H,5,8-10,13-14,17H2,1-4H3,(H,34,35)/b7-6+,18-15+,29-28+/t19-,21?,22?,23?,24?,25?,26?,27?/m0/s1. The Bertz CT molecular complexity index is 993. The van der Waals surface area contributed by atoms with Crippen molar-refractivity contribution in [2.24, 2.45) is 47.3 Å². The van der Waals surface area contributed by atoms with E-state index in [1.165, 1.54) is 11.1 Å². The van der Waals surface area contributed by atoms with Crippen LogP contribution in [-0.2, 0) is 9.59 Å². The predicted octanol–water partition coefficient (Wildman–Crippen LogP) is 7.21. The number of carboxylic acids is 1. The monoisotopic (exact) mass is 478 g/mol. The van der Waals surface area contributed by atoms with E-state index in [9.17, 15) is 19.8 Å². The molecule has 4 aliphatic rings. The summed E-state index contributed by atoms with van der Waals surface area (Å²) >= 11 is 0. The van der Waals surface area contributed by atoms with E-state index in [0.29, 0.717) is 18.3 Å². The van der Waals surface area contributed by atoms with Crippen molar-refractivity contribution in [2.45, 2.75) is 72.6 Å². The van der Waals surface area contributed by atoms with Crippen LogP contribution in [0.2, 0.25) is 0 Å². The summed E-state index contributed by atoms with van der Waals surface area (Å²) in [5.74, 6) is -1.45. The Labute approximate surface area is 210 Å². The molecular formula is C31H42O4. The highest BCUT2D eigenvalue weighted by Gasteiger charge is 2.46. The maximum Gasteiger partial charge on any atom is 0.342 e. The van der Waals surface area contributed by atoms with E-state index >= 15 is 0 Å². The number of aliphatic hydroxyl groups is 1. The molecule has 35 heavy (non-hydrogen) atoms. The molecule has 0 aromatic carbocycles. The highest BCUT2D eigenvalue weighted by molar-refractivity contribution is 6.18. The smallest absolute Gasteiger partial charge is 0.342 e. The Hall–Kier alpha value is -2.36. The molecule has 4 heteroatoms. The molecule has 4 nitrogen and oxygen atoms in total. The Morgan fingerprint density at radius 3 is 2.51 bits per heavy atom. The van der Waals surface area contributed by atoms with Gasteiger partial charge in [0.25, 0.3) is 0 Å². The number of carbonyl (C=O) groups excluding carboxylic acids is 1. The molecule has 0 aromatic rings. The molecule has 0 spiro atoms. The molecule has 7 unspecified atom stereocenters. The topological polar surface area (TPSA) is 74.6 Å². The van der Waals surface area contributed by atoms with Gasteiger partial charge in [-0.1, -0.05) is 67.9 Å². The number of hydrogen-bond acceptors (Lipinski definition) is 3. The second-order valence-electron chi connectivity index (χ2n) is 11.6. The summed E-state index contributed by atoms with van der Waals surface area (Å²) in [5, 5.41) is 21.8. The van der Waals surface area contributed by atoms with E-state index in [1.54, 1.807) is 0 Å². The van der Waals surface area contributed by atoms with Gasteiger partial charge in [-0.25, -0.2) is 4.79 Å². The summed E-state index contributed by atoms with van der Waals surface area (Å²) in [7, 11) is 0. The normalized spacial score (nSPS) is 42.6. The first-order valence-electron chi connectivity index (χ1n) is 13.6. The third-order valence-corrected chi connectivity index (χ3v) is 9.20. The molecule has 0 aromatic heterocycles. The lowest BCUT2D eigenvalue weighted by molar-refractivity contribution is -0.137. The molecule has 0 amide bonds. The first kappa shape index (κ1) is 25.7. The Balaban J connectivity index is 1.84. The van der Waals surface area contributed by atoms with Gasteiger partial charge in [0.2, 0.25) is 0 Å². The molecule has 4 aliphatic carbocycles. The van der Waals surface area contributed by atoms with Crippen LogP contribution in [0.4, 0.5) is 0 Å². The number of aliphatic carboxylic acids is 1. The van der Waals surface area contributed by atoms with Gasteiger partial charge in [0.15, 0.2) is 5.78 Å². The minimum atomic E-state index is -1.29. The van der Waals surface area contributed by atoms with Crippen molar-refractivity contribution in [3.8, 4) is 0 Å². The SMILES string of the molecule is CCC1CC2/C(O)=C(\C(=O)O)C(=O)C3C(C=CC4C[C@@H](C)CCC43)C/C=C/C/C(C)=C/C2C=C1C. The van der Waals surface area contributed by atoms with Crippen LogP contribution in [0.1, 0.15) is 72.6 Å². The van der Waals surface area contributed by atoms with E-state index in [2.05, 4.69) is 64.2 Å². The van der Waals surface area contributed by atoms with Gasteiger partial charge in [0.05, 0.1) is 0 Å². The summed E-state index contributed by atoms with van der Waals surface area (Å²) < 4.78 is 0. The molecular weight excluding hydrogens is 436 g/mol. The van der Waals surface area contributed by atoms with Gasteiger partial charge in [0.1, 0.15) is 11.3 Å². The van der Waals surface area contributed by atoms with Crippen LogP contribution in [0.15, 0.2) is 58.9 Å². The molecule has 0 bridgehead atoms. The number of hydrogen-bond donors (Lipinski definition) is 2. The third kappa shape index (κ3) is 5.27. The van der Waals surface area contributed by atoms with Gasteiger partial charge >= 0.3 is 5.97 Å². The Morgan fingerprint density at radius 2 is 1.80 bits per heavy atom. The first-order valence-corrected chi connectivity index (χ1v) is 13.6. The summed E-state index contributed by atoms with van der Waals surface area (Å²) in [6, 6.07) is 0. The maximum absolute atomic E-state index is 14.1. The lowest BCUT2D eigenvalue weighted by atomic mass is 9.60. The lowest BCUT2D eigenvalue weighted by Crippen LogP contribution is -2.42. The fraction of sp³-hybridized carbons (Fsp3) is 0.613. The zero-order chi connectivity index (χ0) is 25.3. The second kappa shape index (κ2) is 10.7. The molecule has 0 aliphatic heterocycles. The first-order chi connectivity index (χ1) is 16.7. The van der Waals surface area contributed by atoms with Gasteiger partial charge in [-0.3, -0.25) is 4.79 Å². The van der Waals surface area contributed by atoms with E-state index in [4.69, 9.17) is 0 Å². The number of aliphatic hydroxyl groups excluding tert-OH is 1. The van der Waals surface area contributed by atoms with E-state index in [1.807, 2.05) is 0 Å². The van der Waals surface area contributed by atoms with Crippen molar-refractivity contribution >= 4 is 11.8 Å². The molecule has 190 valence electrons. The Kier molecular flexibility index (Phi) is 7.88. The van der Waals surface area contributed by atoms with E-state index in [0.717, 1.165) is 38.5 Å². The summed E-state index contributed by atoms with van der Waals surface area (Å²) in [4.78, 5) is 26.7. The highest BCUT2D eigenvalue weighted by atomic mass is 16.4. The van der Waals surface area contributed by atoms with Crippen LogP contribution in [0.25, 0.3) is 0 Å². The fourth-order valence-electron chi connectivity index (χ4n) is 7.22. The zero-order valence-corrected chi connectivity index (χ0v) is 21.7. The second-order valence-corrected chi connectivity index (χ2v) is 11.6. The van der Waals surface area contributed by atoms with Crippen LogP contribution >= 0.6 is 0 Å². The fourth-order valence-corrected chi connectivity index (χ4v) is 7.22. The van der Waals surface area contributed by atoms with Crippen LogP contribution in [0.3, 0.4) is 0 Å². The van der Waals surface area contributed by atoms with Gasteiger partial charge < -0.3 is 10.2 Å². The van der Waals surface area contributed by atoms with Gasteiger partial charge in [-0.15, -0.1) is 0 Å². The molecule has 0 radical (unpaired) electrons. The quantitative estimate of drug-likeness (QED) is 0.325. The van der Waals surface area contributed by atoms with Crippen LogP contribution in [0, 0.1) is 47.3 Å². The molecule has 1 saturated carbocycles. The average Bonchev–Trinajstić information content (AvgIpc) is 2.81. The van der Waals surface area contributed by atoms with Crippen LogP contribution in [-0.4, -0.2) is 22.0 Å². The number of fused-ring (bicyclic) bond motifs is 4. The molecule has 0 saturated heterocycles. The lowest BCUT2D eigenvalue weighted by Gasteiger charge is -2.43. The molecule has 1 fully saturated rings. The number of rotatable bonds is 2. The molecule has 4 rings (SSSR count). The van der Waals surface area contributed by atoms with E-state index in [-0.39, 0.29) is 40.8 Å². The zero-order valence-electron chi connectivity index (χ0n) is 21.7. The highest BCUT2D eigenvalue weighted by Crippen LogP contribution is 2.48.